The molecule has 3 aromatic rings. The monoisotopic (exact) mass is 378 g/mol. The largest absolute Gasteiger partial charge is 0.382 e. The van der Waals surface area contributed by atoms with Gasteiger partial charge in [-0.25, -0.2) is 9.97 Å². The summed E-state index contributed by atoms with van der Waals surface area (Å²) < 4.78 is 5.51. The van der Waals surface area contributed by atoms with Gasteiger partial charge in [0.05, 0.1) is 11.9 Å². The zero-order chi connectivity index (χ0) is 19.7. The molecule has 1 aliphatic rings. The van der Waals surface area contributed by atoms with Crippen LogP contribution in [0.15, 0.2) is 41.1 Å². The Bertz CT molecular complexity index is 1000. The van der Waals surface area contributed by atoms with Gasteiger partial charge in [-0.1, -0.05) is 23.4 Å². The molecule has 0 saturated carbocycles. The summed E-state index contributed by atoms with van der Waals surface area (Å²) in [7, 11) is 0. The minimum atomic E-state index is -0.0690. The van der Waals surface area contributed by atoms with Gasteiger partial charge in [0.15, 0.2) is 17.3 Å². The first-order valence-corrected chi connectivity index (χ1v) is 9.23. The van der Waals surface area contributed by atoms with Gasteiger partial charge in [-0.05, 0) is 25.0 Å². The van der Waals surface area contributed by atoms with Crippen LogP contribution in [-0.2, 0) is 4.79 Å². The fourth-order valence-electron chi connectivity index (χ4n) is 3.28. The quantitative estimate of drug-likeness (QED) is 0.635. The van der Waals surface area contributed by atoms with Crippen LogP contribution in [0.2, 0.25) is 0 Å². The highest BCUT2D eigenvalue weighted by atomic mass is 16.5. The van der Waals surface area contributed by atoms with Crippen LogP contribution in [0.25, 0.3) is 22.7 Å². The Morgan fingerprint density at radius 2 is 2.18 bits per heavy atom. The minimum absolute atomic E-state index is 0.0637. The van der Waals surface area contributed by atoms with Crippen molar-refractivity contribution in [1.29, 1.82) is 0 Å². The van der Waals surface area contributed by atoms with E-state index in [1.807, 2.05) is 31.2 Å². The number of rotatable bonds is 4. The highest BCUT2D eigenvalue weighted by Crippen LogP contribution is 2.30. The highest BCUT2D eigenvalue weighted by Gasteiger charge is 2.23. The summed E-state index contributed by atoms with van der Waals surface area (Å²) in [6.45, 7) is 2.48. The number of nitrogens with zero attached hydrogens (tertiary/aromatic N) is 3. The van der Waals surface area contributed by atoms with Crippen molar-refractivity contribution >= 4 is 11.7 Å². The standard InChI is InChI=1S/C20H22N6O2/c1-11(21)12-3-2-4-13(7-12)15-8-17(28-26-15)19-20(22)24-10-16(25-19)14-5-6-18(27)23-9-14/h2-4,7-8,10-11,14H,5-6,9,21H2,1H3,(H2,22,24)(H,23,27). The number of nitrogens with one attached hydrogen (secondary N) is 1. The molecular weight excluding hydrogens is 356 g/mol. The maximum Gasteiger partial charge on any atom is 0.220 e. The lowest BCUT2D eigenvalue weighted by Gasteiger charge is -2.21. The van der Waals surface area contributed by atoms with Crippen LogP contribution in [0, 0.1) is 0 Å². The van der Waals surface area contributed by atoms with Gasteiger partial charge in [0.2, 0.25) is 5.91 Å². The summed E-state index contributed by atoms with van der Waals surface area (Å²) >= 11 is 0. The molecule has 0 radical (unpaired) electrons. The SMILES string of the molecule is CC(N)c1cccc(-c2cc(-c3nc(C4CCC(=O)NC4)cnc3N)on2)c1. The Balaban J connectivity index is 1.64. The second-order valence-electron chi connectivity index (χ2n) is 7.06. The first-order chi connectivity index (χ1) is 13.5. The average Bonchev–Trinajstić information content (AvgIpc) is 3.19. The molecule has 5 N–H and O–H groups in total. The minimum Gasteiger partial charge on any atom is -0.382 e. The van der Waals surface area contributed by atoms with Crippen LogP contribution < -0.4 is 16.8 Å². The number of carbonyl (C=O) groups is 1. The summed E-state index contributed by atoms with van der Waals surface area (Å²) in [6.07, 6.45) is 2.87. The van der Waals surface area contributed by atoms with E-state index in [1.54, 1.807) is 12.3 Å². The molecule has 28 heavy (non-hydrogen) atoms. The van der Waals surface area contributed by atoms with Gasteiger partial charge in [0.25, 0.3) is 0 Å². The Morgan fingerprint density at radius 3 is 2.93 bits per heavy atom. The van der Waals surface area contributed by atoms with Crippen LogP contribution in [0.5, 0.6) is 0 Å². The van der Waals surface area contributed by atoms with E-state index in [4.69, 9.17) is 16.0 Å². The molecule has 144 valence electrons. The molecule has 4 rings (SSSR count). The zero-order valence-electron chi connectivity index (χ0n) is 15.6. The molecular formula is C20H22N6O2. The lowest BCUT2D eigenvalue weighted by atomic mass is 9.96. The van der Waals surface area contributed by atoms with Crippen molar-refractivity contribution in [1.82, 2.24) is 20.4 Å². The van der Waals surface area contributed by atoms with Crippen molar-refractivity contribution in [2.45, 2.75) is 31.7 Å². The zero-order valence-corrected chi connectivity index (χ0v) is 15.6. The molecule has 1 fully saturated rings. The number of nitrogens with two attached hydrogens (primary N) is 2. The predicted octanol–water partition coefficient (Wildman–Crippen LogP) is 2.39. The van der Waals surface area contributed by atoms with E-state index in [2.05, 4.69) is 20.4 Å². The second-order valence-corrected chi connectivity index (χ2v) is 7.06. The number of hydrogen-bond acceptors (Lipinski definition) is 7. The third-order valence-corrected chi connectivity index (χ3v) is 4.95. The number of aromatic nitrogens is 3. The van der Waals surface area contributed by atoms with E-state index in [0.717, 1.165) is 23.2 Å². The van der Waals surface area contributed by atoms with Crippen molar-refractivity contribution in [2.24, 2.45) is 5.73 Å². The number of piperidine rings is 1. The fourth-order valence-corrected chi connectivity index (χ4v) is 3.28. The van der Waals surface area contributed by atoms with Gasteiger partial charge < -0.3 is 21.3 Å². The van der Waals surface area contributed by atoms with Crippen LogP contribution in [0.1, 0.15) is 43.0 Å². The average molecular weight is 378 g/mol. The van der Waals surface area contributed by atoms with Gasteiger partial charge in [-0.3, -0.25) is 4.79 Å². The molecule has 2 unspecified atom stereocenters. The molecule has 1 amide bonds. The summed E-state index contributed by atoms with van der Waals surface area (Å²) in [5.74, 6) is 0.895. The smallest absolute Gasteiger partial charge is 0.220 e. The summed E-state index contributed by atoms with van der Waals surface area (Å²) in [5, 5.41) is 7.02. The Morgan fingerprint density at radius 1 is 1.32 bits per heavy atom. The van der Waals surface area contributed by atoms with Crippen molar-refractivity contribution < 1.29 is 9.32 Å². The van der Waals surface area contributed by atoms with Gasteiger partial charge >= 0.3 is 0 Å². The first kappa shape index (κ1) is 18.1. The molecule has 0 aliphatic carbocycles. The van der Waals surface area contributed by atoms with Gasteiger partial charge in [-0.15, -0.1) is 0 Å². The van der Waals surface area contributed by atoms with Crippen LogP contribution in [0.4, 0.5) is 5.82 Å². The number of amides is 1. The molecule has 1 saturated heterocycles. The number of carbonyl (C=O) groups excluding carboxylic acids is 1. The normalized spacial score (nSPS) is 17.9. The maximum atomic E-state index is 11.4. The number of nitrogen functional groups attached to an aromatic ring is 1. The van der Waals surface area contributed by atoms with Crippen LogP contribution >= 0.6 is 0 Å². The number of benzene rings is 1. The molecule has 1 aliphatic heterocycles. The Hall–Kier alpha value is -3.26. The van der Waals surface area contributed by atoms with Crippen molar-refractivity contribution in [3.05, 3.63) is 47.8 Å². The highest BCUT2D eigenvalue weighted by molar-refractivity contribution is 5.77. The fraction of sp³-hybridized carbons (Fsp3) is 0.300. The topological polar surface area (TPSA) is 133 Å². The van der Waals surface area contributed by atoms with E-state index in [0.29, 0.717) is 30.1 Å². The summed E-state index contributed by atoms with van der Waals surface area (Å²) in [6, 6.07) is 9.58. The summed E-state index contributed by atoms with van der Waals surface area (Å²) in [4.78, 5) is 20.3. The lowest BCUT2D eigenvalue weighted by molar-refractivity contribution is -0.122. The predicted molar refractivity (Wildman–Crippen MR) is 105 cm³/mol. The molecule has 2 aromatic heterocycles. The van der Waals surface area contributed by atoms with Gasteiger partial charge in [0.1, 0.15) is 5.69 Å². The van der Waals surface area contributed by atoms with Crippen LogP contribution in [-0.4, -0.2) is 27.6 Å². The van der Waals surface area contributed by atoms with E-state index in [-0.39, 0.29) is 23.7 Å². The number of anilines is 1. The molecule has 3 heterocycles. The Kier molecular flexibility index (Phi) is 4.79. The van der Waals surface area contributed by atoms with Gasteiger partial charge in [-0.2, -0.15) is 0 Å². The second kappa shape index (κ2) is 7.40. The maximum absolute atomic E-state index is 11.4. The third-order valence-electron chi connectivity index (χ3n) is 4.95. The summed E-state index contributed by atoms with van der Waals surface area (Å²) in [5.41, 5.74) is 15.8. The van der Waals surface area contributed by atoms with Gasteiger partial charge in [0, 0.05) is 36.6 Å². The molecule has 0 bridgehead atoms. The molecule has 1 aromatic carbocycles. The first-order valence-electron chi connectivity index (χ1n) is 9.23. The van der Waals surface area contributed by atoms with E-state index < -0.39 is 0 Å². The Labute approximate surface area is 162 Å². The molecule has 8 nitrogen and oxygen atoms in total. The van der Waals surface area contributed by atoms with E-state index >= 15 is 0 Å². The number of hydrogen-bond donors (Lipinski definition) is 3. The molecule has 0 spiro atoms. The van der Waals surface area contributed by atoms with Crippen molar-refractivity contribution in [3.8, 4) is 22.7 Å². The third kappa shape index (κ3) is 3.59. The van der Waals surface area contributed by atoms with E-state index in [1.165, 1.54) is 0 Å². The van der Waals surface area contributed by atoms with Crippen LogP contribution in [0.3, 0.4) is 0 Å². The van der Waals surface area contributed by atoms with Crippen molar-refractivity contribution in [2.75, 3.05) is 12.3 Å². The molecule has 8 heteroatoms. The molecule has 2 atom stereocenters. The van der Waals surface area contributed by atoms with E-state index in [9.17, 15) is 4.79 Å². The van der Waals surface area contributed by atoms with Crippen molar-refractivity contribution in [3.63, 3.8) is 0 Å². The lowest BCUT2D eigenvalue weighted by Crippen LogP contribution is -2.34.